The lowest BCUT2D eigenvalue weighted by Gasteiger charge is -2.29. The summed E-state index contributed by atoms with van der Waals surface area (Å²) in [5, 5.41) is 6.26. The van der Waals surface area contributed by atoms with Gasteiger partial charge in [0.1, 0.15) is 5.75 Å². The Morgan fingerprint density at radius 3 is 2.84 bits per heavy atom. The molecule has 0 bridgehead atoms. The molecule has 0 unspecified atom stereocenters. The Balaban J connectivity index is 1.51. The highest BCUT2D eigenvalue weighted by Crippen LogP contribution is 2.35. The van der Waals surface area contributed by atoms with Crippen molar-refractivity contribution in [1.29, 1.82) is 0 Å². The molecule has 2 N–H and O–H groups in total. The fourth-order valence-corrected chi connectivity index (χ4v) is 3.73. The molecule has 0 radical (unpaired) electrons. The van der Waals surface area contributed by atoms with E-state index < -0.39 is 0 Å². The van der Waals surface area contributed by atoms with Crippen molar-refractivity contribution < 1.29 is 19.0 Å². The SMILES string of the molecule is COc1ccc(NC2=NC(c3ccc4c(c3)NC(=O)CO4)=CN3C=CCC=C23)cc1OC. The number of aliphatic imine (C=N–C) groups is 1. The Morgan fingerprint density at radius 1 is 1.12 bits per heavy atom. The lowest BCUT2D eigenvalue weighted by atomic mass is 10.1. The summed E-state index contributed by atoms with van der Waals surface area (Å²) < 4.78 is 16.2. The van der Waals surface area contributed by atoms with E-state index in [1.165, 1.54) is 0 Å². The number of amidine groups is 1. The fraction of sp³-hybridized carbons (Fsp3) is 0.167. The highest BCUT2D eigenvalue weighted by Gasteiger charge is 2.23. The number of fused-ring (bicyclic) bond motifs is 2. The van der Waals surface area contributed by atoms with Crippen LogP contribution in [0.2, 0.25) is 0 Å². The lowest BCUT2D eigenvalue weighted by molar-refractivity contribution is -0.118. The lowest BCUT2D eigenvalue weighted by Crippen LogP contribution is -2.28. The Bertz CT molecular complexity index is 1210. The Kier molecular flexibility index (Phi) is 5.03. The molecule has 0 aliphatic carbocycles. The molecule has 3 aliphatic rings. The quantitative estimate of drug-likeness (QED) is 0.764. The predicted octanol–water partition coefficient (Wildman–Crippen LogP) is 3.96. The van der Waals surface area contributed by atoms with E-state index >= 15 is 0 Å². The van der Waals surface area contributed by atoms with Crippen molar-refractivity contribution in [3.05, 3.63) is 72.2 Å². The number of nitrogens with zero attached hydrogens (tertiary/aromatic N) is 2. The Morgan fingerprint density at radius 2 is 2.00 bits per heavy atom. The van der Waals surface area contributed by atoms with Gasteiger partial charge in [-0.15, -0.1) is 0 Å². The molecule has 2 aromatic carbocycles. The largest absolute Gasteiger partial charge is 0.493 e. The van der Waals surface area contributed by atoms with Gasteiger partial charge in [-0.3, -0.25) is 4.79 Å². The zero-order valence-electron chi connectivity index (χ0n) is 17.7. The molecule has 0 spiro atoms. The maximum atomic E-state index is 11.7. The number of allylic oxidation sites excluding steroid dienone is 2. The van der Waals surface area contributed by atoms with Crippen LogP contribution >= 0.6 is 0 Å². The summed E-state index contributed by atoms with van der Waals surface area (Å²) in [7, 11) is 3.21. The molecular formula is C24H22N4O4. The highest BCUT2D eigenvalue weighted by atomic mass is 16.5. The number of ether oxygens (including phenoxy) is 3. The molecular weight excluding hydrogens is 408 g/mol. The normalized spacial score (nSPS) is 16.5. The zero-order valence-corrected chi connectivity index (χ0v) is 17.7. The van der Waals surface area contributed by atoms with E-state index in [1.807, 2.05) is 53.7 Å². The Labute approximate surface area is 185 Å². The number of methoxy groups -OCH3 is 2. The molecule has 8 nitrogen and oxygen atoms in total. The van der Waals surface area contributed by atoms with Crippen LogP contribution in [0.5, 0.6) is 17.2 Å². The van der Waals surface area contributed by atoms with E-state index in [-0.39, 0.29) is 12.5 Å². The van der Waals surface area contributed by atoms with Crippen molar-refractivity contribution in [3.8, 4) is 17.2 Å². The van der Waals surface area contributed by atoms with E-state index in [0.29, 0.717) is 28.8 Å². The minimum Gasteiger partial charge on any atom is -0.493 e. The summed E-state index contributed by atoms with van der Waals surface area (Å²) in [4.78, 5) is 18.6. The van der Waals surface area contributed by atoms with Gasteiger partial charge >= 0.3 is 0 Å². The first kappa shape index (κ1) is 19.7. The summed E-state index contributed by atoms with van der Waals surface area (Å²) in [5.41, 5.74) is 4.03. The minimum atomic E-state index is -0.171. The van der Waals surface area contributed by atoms with Gasteiger partial charge in [-0.1, -0.05) is 12.2 Å². The first-order valence-electron chi connectivity index (χ1n) is 10.2. The van der Waals surface area contributed by atoms with Crippen molar-refractivity contribution in [1.82, 2.24) is 4.90 Å². The maximum absolute atomic E-state index is 11.7. The van der Waals surface area contributed by atoms with Gasteiger partial charge in [-0.2, -0.15) is 0 Å². The second-order valence-electron chi connectivity index (χ2n) is 7.33. The first-order valence-corrected chi connectivity index (χ1v) is 10.2. The molecule has 8 heteroatoms. The maximum Gasteiger partial charge on any atom is 0.262 e. The van der Waals surface area contributed by atoms with Crippen molar-refractivity contribution in [2.45, 2.75) is 6.42 Å². The van der Waals surface area contributed by atoms with Gasteiger partial charge in [0.05, 0.1) is 31.3 Å². The summed E-state index contributed by atoms with van der Waals surface area (Å²) in [6.07, 6.45) is 9.00. The number of anilines is 2. The standard InChI is InChI=1S/C24H22N4O4/c1-30-21-9-7-16(12-22(21)31-2)25-24-19-5-3-4-10-28(19)13-18(27-24)15-6-8-20-17(11-15)26-23(29)14-32-20/h4-13H,3,14H2,1-2H3,(H,25,27)(H,26,29). The monoisotopic (exact) mass is 430 g/mol. The van der Waals surface area contributed by atoms with E-state index in [9.17, 15) is 4.79 Å². The van der Waals surface area contributed by atoms with Gasteiger partial charge in [-0.25, -0.2) is 4.99 Å². The molecule has 0 fully saturated rings. The van der Waals surface area contributed by atoms with Crippen LogP contribution in [-0.4, -0.2) is 37.5 Å². The second kappa shape index (κ2) is 8.14. The topological polar surface area (TPSA) is 84.4 Å². The summed E-state index contributed by atoms with van der Waals surface area (Å²) in [5.74, 6) is 2.47. The zero-order chi connectivity index (χ0) is 22.1. The molecule has 162 valence electrons. The van der Waals surface area contributed by atoms with Crippen LogP contribution in [-0.2, 0) is 4.79 Å². The van der Waals surface area contributed by atoms with Crippen LogP contribution < -0.4 is 24.8 Å². The van der Waals surface area contributed by atoms with Crippen molar-refractivity contribution in [3.63, 3.8) is 0 Å². The molecule has 2 aromatic rings. The summed E-state index contributed by atoms with van der Waals surface area (Å²) in [6, 6.07) is 11.3. The first-order chi connectivity index (χ1) is 15.6. The number of carbonyl (C=O) groups is 1. The third-order valence-corrected chi connectivity index (χ3v) is 5.28. The molecule has 32 heavy (non-hydrogen) atoms. The van der Waals surface area contributed by atoms with E-state index in [0.717, 1.165) is 29.1 Å². The summed E-state index contributed by atoms with van der Waals surface area (Å²) >= 11 is 0. The van der Waals surface area contributed by atoms with Crippen LogP contribution in [0.15, 0.2) is 71.6 Å². The van der Waals surface area contributed by atoms with Crippen LogP contribution in [0.25, 0.3) is 5.70 Å². The van der Waals surface area contributed by atoms with Gasteiger partial charge in [0.25, 0.3) is 5.91 Å². The number of hydrogen-bond acceptors (Lipinski definition) is 7. The van der Waals surface area contributed by atoms with Crippen LogP contribution in [0, 0.1) is 0 Å². The third kappa shape index (κ3) is 3.66. The van der Waals surface area contributed by atoms with E-state index in [4.69, 9.17) is 19.2 Å². The van der Waals surface area contributed by atoms with E-state index in [1.54, 1.807) is 14.2 Å². The third-order valence-electron chi connectivity index (χ3n) is 5.28. The van der Waals surface area contributed by atoms with E-state index in [2.05, 4.69) is 22.8 Å². The average Bonchev–Trinajstić information content (AvgIpc) is 2.83. The molecule has 5 rings (SSSR count). The molecule has 0 saturated carbocycles. The number of carbonyl (C=O) groups excluding carboxylic acids is 1. The Hall–Kier alpha value is -4.20. The van der Waals surface area contributed by atoms with Crippen molar-refractivity contribution >= 4 is 28.8 Å². The van der Waals surface area contributed by atoms with Gasteiger partial charge in [0.15, 0.2) is 23.9 Å². The smallest absolute Gasteiger partial charge is 0.262 e. The molecule has 3 heterocycles. The average molecular weight is 430 g/mol. The molecule has 3 aliphatic heterocycles. The number of nitrogens with one attached hydrogen (secondary N) is 2. The van der Waals surface area contributed by atoms with Crippen molar-refractivity contribution in [2.24, 2.45) is 4.99 Å². The van der Waals surface area contributed by atoms with Gasteiger partial charge < -0.3 is 29.7 Å². The van der Waals surface area contributed by atoms with Crippen LogP contribution in [0.3, 0.4) is 0 Å². The number of hydrogen-bond donors (Lipinski definition) is 2. The molecule has 1 amide bonds. The number of rotatable bonds is 4. The van der Waals surface area contributed by atoms with Gasteiger partial charge in [0.2, 0.25) is 0 Å². The van der Waals surface area contributed by atoms with Gasteiger partial charge in [0, 0.05) is 29.7 Å². The van der Waals surface area contributed by atoms with Crippen LogP contribution in [0.1, 0.15) is 12.0 Å². The second-order valence-corrected chi connectivity index (χ2v) is 7.33. The predicted molar refractivity (Wildman–Crippen MR) is 123 cm³/mol. The number of benzene rings is 2. The molecule has 0 saturated heterocycles. The van der Waals surface area contributed by atoms with Crippen LogP contribution in [0.4, 0.5) is 11.4 Å². The summed E-state index contributed by atoms with van der Waals surface area (Å²) in [6.45, 7) is 0.0271. The number of amides is 1. The van der Waals surface area contributed by atoms with Gasteiger partial charge in [-0.05, 0) is 36.8 Å². The molecule has 0 atom stereocenters. The fourth-order valence-electron chi connectivity index (χ4n) is 3.73. The molecule has 0 aromatic heterocycles. The minimum absolute atomic E-state index is 0.0271. The van der Waals surface area contributed by atoms with Crippen molar-refractivity contribution in [2.75, 3.05) is 31.5 Å². The highest BCUT2D eigenvalue weighted by molar-refractivity contribution is 6.11.